The van der Waals surface area contributed by atoms with E-state index in [1.165, 1.54) is 6.07 Å². The van der Waals surface area contributed by atoms with Crippen molar-refractivity contribution in [2.75, 3.05) is 18.1 Å². The number of pyridine rings is 2. The van der Waals surface area contributed by atoms with Crippen LogP contribution in [0.15, 0.2) is 43.0 Å². The molecule has 2 amide bonds. The Balaban J connectivity index is 1.53. The van der Waals surface area contributed by atoms with Gasteiger partial charge in [-0.3, -0.25) is 14.6 Å². The SMILES string of the molecule is CCn1cc(C#Cc2cnc3c(c2)N(C(=O)N[C@@H](C)c2ccc(F)cn2)CCO3)cn1. The lowest BCUT2D eigenvalue weighted by atomic mass is 10.2. The highest BCUT2D eigenvalue weighted by molar-refractivity contribution is 5.94. The average Bonchev–Trinajstić information content (AvgIpc) is 3.25. The molecule has 1 N–H and O–H groups in total. The van der Waals surface area contributed by atoms with E-state index in [1.807, 2.05) is 13.1 Å². The molecular formula is C22H21FN6O2. The van der Waals surface area contributed by atoms with Crippen LogP contribution in [0.5, 0.6) is 5.88 Å². The third-order valence-electron chi connectivity index (χ3n) is 4.76. The van der Waals surface area contributed by atoms with E-state index in [4.69, 9.17) is 4.74 Å². The fraction of sp³-hybridized carbons (Fsp3) is 0.273. The Morgan fingerprint density at radius 2 is 2.10 bits per heavy atom. The summed E-state index contributed by atoms with van der Waals surface area (Å²) in [6.45, 7) is 5.26. The normalized spacial score (nSPS) is 13.5. The predicted molar refractivity (Wildman–Crippen MR) is 112 cm³/mol. The van der Waals surface area contributed by atoms with E-state index in [1.54, 1.807) is 41.0 Å². The maximum atomic E-state index is 13.1. The molecule has 31 heavy (non-hydrogen) atoms. The van der Waals surface area contributed by atoms with Crippen molar-refractivity contribution in [2.45, 2.75) is 26.4 Å². The van der Waals surface area contributed by atoms with Crippen LogP contribution in [0.3, 0.4) is 0 Å². The fourth-order valence-electron chi connectivity index (χ4n) is 3.10. The number of carbonyl (C=O) groups excluding carboxylic acids is 1. The van der Waals surface area contributed by atoms with Gasteiger partial charge in [-0.2, -0.15) is 5.10 Å². The van der Waals surface area contributed by atoms with Crippen LogP contribution in [-0.2, 0) is 6.54 Å². The van der Waals surface area contributed by atoms with Crippen LogP contribution in [0.1, 0.15) is 36.7 Å². The van der Waals surface area contributed by atoms with Crippen molar-refractivity contribution in [3.63, 3.8) is 0 Å². The largest absolute Gasteiger partial charge is 0.474 e. The Kier molecular flexibility index (Phi) is 5.80. The number of hydrogen-bond acceptors (Lipinski definition) is 5. The molecule has 0 saturated carbocycles. The highest BCUT2D eigenvalue weighted by atomic mass is 19.1. The number of fused-ring (bicyclic) bond motifs is 1. The Morgan fingerprint density at radius 3 is 2.84 bits per heavy atom. The van der Waals surface area contributed by atoms with Crippen LogP contribution in [0, 0.1) is 17.7 Å². The molecule has 8 nitrogen and oxygen atoms in total. The summed E-state index contributed by atoms with van der Waals surface area (Å²) in [6.07, 6.45) is 6.31. The zero-order valence-electron chi connectivity index (χ0n) is 17.2. The van der Waals surface area contributed by atoms with Gasteiger partial charge < -0.3 is 10.1 Å². The van der Waals surface area contributed by atoms with Crippen molar-refractivity contribution in [3.05, 3.63) is 65.6 Å². The van der Waals surface area contributed by atoms with Gasteiger partial charge in [0.25, 0.3) is 0 Å². The highest BCUT2D eigenvalue weighted by Gasteiger charge is 2.26. The van der Waals surface area contributed by atoms with E-state index >= 15 is 0 Å². The molecule has 1 aliphatic rings. The number of urea groups is 1. The molecule has 158 valence electrons. The van der Waals surface area contributed by atoms with Gasteiger partial charge in [-0.05, 0) is 32.0 Å². The molecule has 1 aliphatic heterocycles. The lowest BCUT2D eigenvalue weighted by Crippen LogP contribution is -2.45. The molecule has 4 heterocycles. The van der Waals surface area contributed by atoms with E-state index in [0.717, 1.165) is 18.3 Å². The summed E-state index contributed by atoms with van der Waals surface area (Å²) in [5.41, 5.74) is 2.55. The van der Waals surface area contributed by atoms with Gasteiger partial charge in [0.15, 0.2) is 0 Å². The van der Waals surface area contributed by atoms with Crippen molar-refractivity contribution in [1.82, 2.24) is 25.1 Å². The summed E-state index contributed by atoms with van der Waals surface area (Å²) >= 11 is 0. The number of anilines is 1. The first-order chi connectivity index (χ1) is 15.0. The monoisotopic (exact) mass is 420 g/mol. The van der Waals surface area contributed by atoms with Gasteiger partial charge in [-0.25, -0.2) is 14.2 Å². The molecule has 4 rings (SSSR count). The van der Waals surface area contributed by atoms with Gasteiger partial charge in [0, 0.05) is 24.5 Å². The number of nitrogens with one attached hydrogen (secondary N) is 1. The minimum absolute atomic E-state index is 0.320. The number of rotatable bonds is 3. The Hall–Kier alpha value is -3.93. The van der Waals surface area contributed by atoms with Gasteiger partial charge in [0.05, 0.1) is 36.2 Å². The summed E-state index contributed by atoms with van der Waals surface area (Å²) in [6, 6.07) is 3.92. The summed E-state index contributed by atoms with van der Waals surface area (Å²) in [5.74, 6) is 6.06. The number of ether oxygens (including phenoxy) is 1. The van der Waals surface area contributed by atoms with Gasteiger partial charge in [0.2, 0.25) is 5.88 Å². The smallest absolute Gasteiger partial charge is 0.322 e. The lowest BCUT2D eigenvalue weighted by Gasteiger charge is -2.29. The molecule has 3 aromatic heterocycles. The van der Waals surface area contributed by atoms with Crippen molar-refractivity contribution in [3.8, 4) is 17.7 Å². The molecule has 0 aromatic carbocycles. The van der Waals surface area contributed by atoms with E-state index in [2.05, 4.69) is 32.2 Å². The molecule has 0 fully saturated rings. The highest BCUT2D eigenvalue weighted by Crippen LogP contribution is 2.30. The van der Waals surface area contributed by atoms with E-state index < -0.39 is 11.9 Å². The average molecular weight is 420 g/mol. The lowest BCUT2D eigenvalue weighted by molar-refractivity contribution is 0.235. The zero-order valence-corrected chi connectivity index (χ0v) is 17.2. The Morgan fingerprint density at radius 1 is 1.26 bits per heavy atom. The first-order valence-electron chi connectivity index (χ1n) is 9.90. The van der Waals surface area contributed by atoms with E-state index in [9.17, 15) is 9.18 Å². The predicted octanol–water partition coefficient (Wildman–Crippen LogP) is 2.90. The molecule has 0 spiro atoms. The third-order valence-corrected chi connectivity index (χ3v) is 4.76. The summed E-state index contributed by atoms with van der Waals surface area (Å²) < 4.78 is 20.5. The maximum absolute atomic E-state index is 13.1. The molecule has 1 atom stereocenters. The summed E-state index contributed by atoms with van der Waals surface area (Å²) in [7, 11) is 0. The van der Waals surface area contributed by atoms with Crippen LogP contribution in [-0.4, -0.2) is 38.9 Å². The summed E-state index contributed by atoms with van der Waals surface area (Å²) in [5, 5.41) is 7.09. The van der Waals surface area contributed by atoms with Crippen LogP contribution in [0.4, 0.5) is 14.9 Å². The number of aryl methyl sites for hydroxylation is 1. The molecule has 9 heteroatoms. The van der Waals surface area contributed by atoms with Crippen LogP contribution in [0.2, 0.25) is 0 Å². The second kappa shape index (κ2) is 8.83. The van der Waals surface area contributed by atoms with Crippen molar-refractivity contribution in [1.29, 1.82) is 0 Å². The van der Waals surface area contributed by atoms with Crippen molar-refractivity contribution >= 4 is 11.7 Å². The van der Waals surface area contributed by atoms with Crippen molar-refractivity contribution < 1.29 is 13.9 Å². The first kappa shape index (κ1) is 20.3. The molecule has 0 radical (unpaired) electrons. The number of amides is 2. The molecule has 0 unspecified atom stereocenters. The minimum atomic E-state index is -0.425. The molecular weight excluding hydrogens is 399 g/mol. The number of halogens is 1. The number of nitrogens with zero attached hydrogens (tertiary/aromatic N) is 5. The van der Waals surface area contributed by atoms with Crippen molar-refractivity contribution in [2.24, 2.45) is 0 Å². The second-order valence-corrected chi connectivity index (χ2v) is 6.96. The van der Waals surface area contributed by atoms with Crippen LogP contribution in [0.25, 0.3) is 0 Å². The Bertz CT molecular complexity index is 1150. The van der Waals surface area contributed by atoms with Crippen LogP contribution < -0.4 is 15.0 Å². The number of hydrogen-bond donors (Lipinski definition) is 1. The van der Waals surface area contributed by atoms with Gasteiger partial charge >= 0.3 is 6.03 Å². The standard InChI is InChI=1S/C22H21FN6O2/c1-3-28-14-17(12-26-28)5-4-16-10-20-21(25-11-16)31-9-8-29(20)22(30)27-15(2)19-7-6-18(23)13-24-19/h6-7,10-15H,3,8-9H2,1-2H3,(H,27,30)/t15-/m0/s1. The first-order valence-corrected chi connectivity index (χ1v) is 9.90. The van der Waals surface area contributed by atoms with Crippen LogP contribution >= 0.6 is 0 Å². The van der Waals surface area contributed by atoms with Gasteiger partial charge in [-0.1, -0.05) is 11.8 Å². The topological polar surface area (TPSA) is 85.2 Å². The fourth-order valence-corrected chi connectivity index (χ4v) is 3.10. The number of aromatic nitrogens is 4. The maximum Gasteiger partial charge on any atom is 0.322 e. The zero-order chi connectivity index (χ0) is 21.8. The van der Waals surface area contributed by atoms with Gasteiger partial charge in [-0.15, -0.1) is 0 Å². The van der Waals surface area contributed by atoms with E-state index in [-0.39, 0.29) is 6.03 Å². The second-order valence-electron chi connectivity index (χ2n) is 6.96. The molecule has 0 bridgehead atoms. The minimum Gasteiger partial charge on any atom is -0.474 e. The van der Waals surface area contributed by atoms with E-state index in [0.29, 0.717) is 36.0 Å². The third kappa shape index (κ3) is 4.64. The molecule has 3 aromatic rings. The molecule has 0 saturated heterocycles. The number of carbonyl (C=O) groups is 1. The Labute approximate surface area is 179 Å². The van der Waals surface area contributed by atoms with Gasteiger partial charge in [0.1, 0.15) is 18.1 Å². The molecule has 0 aliphatic carbocycles. The summed E-state index contributed by atoms with van der Waals surface area (Å²) in [4.78, 5) is 22.8. The quantitative estimate of drug-likeness (QED) is 0.659.